The van der Waals surface area contributed by atoms with E-state index >= 15 is 0 Å². The number of guanidine groups is 1. The predicted molar refractivity (Wildman–Crippen MR) is 73.8 cm³/mol. The van der Waals surface area contributed by atoms with Gasteiger partial charge < -0.3 is 5.32 Å². The van der Waals surface area contributed by atoms with Crippen molar-refractivity contribution in [1.82, 2.24) is 10.3 Å². The molecule has 2 rings (SSSR count). The minimum atomic E-state index is -0.0806. The average molecular weight is 255 g/mol. The Bertz CT molecular complexity index is 353. The zero-order chi connectivity index (χ0) is 12.6. The van der Waals surface area contributed by atoms with Crippen LogP contribution >= 0.6 is 11.8 Å². The van der Waals surface area contributed by atoms with E-state index in [1.165, 1.54) is 12.8 Å². The molecular weight excluding hydrogens is 234 g/mol. The molecular formula is C11H21N5S. The average Bonchev–Trinajstić information content (AvgIpc) is 3.03. The van der Waals surface area contributed by atoms with Crippen molar-refractivity contribution in [3.05, 3.63) is 0 Å². The molecule has 0 spiro atoms. The van der Waals surface area contributed by atoms with Crippen LogP contribution in [0.2, 0.25) is 0 Å². The van der Waals surface area contributed by atoms with E-state index in [-0.39, 0.29) is 10.9 Å². The number of hydrogen-bond donors (Lipinski definition) is 2. The van der Waals surface area contributed by atoms with Gasteiger partial charge in [0.25, 0.3) is 0 Å². The first-order chi connectivity index (χ1) is 7.91. The maximum Gasteiger partial charge on any atom is 0.216 e. The number of nitrogens with two attached hydrogens (primary N) is 1. The third-order valence-electron chi connectivity index (χ3n) is 2.73. The molecule has 0 aromatic rings. The van der Waals surface area contributed by atoms with Crippen LogP contribution in [-0.4, -0.2) is 34.6 Å². The normalized spacial score (nSPS) is 28.1. The van der Waals surface area contributed by atoms with Crippen LogP contribution in [0, 0.1) is 5.41 Å². The van der Waals surface area contributed by atoms with Crippen molar-refractivity contribution in [3.63, 3.8) is 0 Å². The van der Waals surface area contributed by atoms with Gasteiger partial charge in [0.2, 0.25) is 5.96 Å². The summed E-state index contributed by atoms with van der Waals surface area (Å²) in [6.45, 7) is 6.41. The molecule has 2 aliphatic rings. The minimum Gasteiger partial charge on any atom is -0.313 e. The fraction of sp³-hybridized carbons (Fsp3) is 0.818. The Balaban J connectivity index is 2.24. The molecule has 6 heteroatoms. The number of nitrogens with one attached hydrogen (secondary N) is 1. The van der Waals surface area contributed by atoms with Crippen molar-refractivity contribution in [2.75, 3.05) is 6.26 Å². The van der Waals surface area contributed by atoms with Crippen LogP contribution in [0.15, 0.2) is 9.98 Å². The molecule has 0 aromatic heterocycles. The van der Waals surface area contributed by atoms with E-state index in [4.69, 9.17) is 5.84 Å². The van der Waals surface area contributed by atoms with E-state index in [1.54, 1.807) is 16.8 Å². The lowest BCUT2D eigenvalue weighted by Gasteiger charge is -2.35. The van der Waals surface area contributed by atoms with Crippen LogP contribution in [0.3, 0.4) is 0 Å². The van der Waals surface area contributed by atoms with Crippen molar-refractivity contribution < 1.29 is 0 Å². The lowest BCUT2D eigenvalue weighted by atomic mass is 9.95. The van der Waals surface area contributed by atoms with E-state index in [9.17, 15) is 0 Å². The number of nitrogens with zero attached hydrogens (tertiary/aromatic N) is 3. The summed E-state index contributed by atoms with van der Waals surface area (Å²) >= 11 is 1.62. The molecule has 0 aromatic carbocycles. The number of hydrogen-bond acceptors (Lipinski definition) is 4. The zero-order valence-electron chi connectivity index (χ0n) is 10.9. The molecule has 1 unspecified atom stereocenters. The molecule has 17 heavy (non-hydrogen) atoms. The standard InChI is InChI=1S/C11H21N5S/c1-11(2,3)8-14-9(13-7-5-6-7)16(12)10(15-8)17-4/h7,10H,5-6,12H2,1-4H3,(H,13,14,15). The smallest absolute Gasteiger partial charge is 0.216 e. The van der Waals surface area contributed by atoms with Gasteiger partial charge in [0.15, 0.2) is 5.50 Å². The molecule has 0 amide bonds. The molecule has 5 nitrogen and oxygen atoms in total. The SMILES string of the molecule is CSC1N=C(C(C)(C)C)NC(=NC2CC2)N1N. The summed E-state index contributed by atoms with van der Waals surface area (Å²) in [7, 11) is 0. The summed E-state index contributed by atoms with van der Waals surface area (Å²) in [5, 5.41) is 4.89. The molecule has 1 aliphatic carbocycles. The van der Waals surface area contributed by atoms with E-state index in [0.29, 0.717) is 6.04 Å². The first-order valence-electron chi connectivity index (χ1n) is 5.91. The molecule has 0 bridgehead atoms. The molecule has 1 atom stereocenters. The van der Waals surface area contributed by atoms with Crippen LogP contribution in [-0.2, 0) is 0 Å². The van der Waals surface area contributed by atoms with Gasteiger partial charge in [-0.25, -0.2) is 20.8 Å². The Morgan fingerprint density at radius 3 is 2.59 bits per heavy atom. The molecule has 1 aliphatic heterocycles. The molecule has 1 saturated carbocycles. The van der Waals surface area contributed by atoms with E-state index in [0.717, 1.165) is 11.8 Å². The lowest BCUT2D eigenvalue weighted by molar-refractivity contribution is 0.389. The molecule has 0 radical (unpaired) electrons. The summed E-state index contributed by atoms with van der Waals surface area (Å²) in [6, 6.07) is 0.449. The largest absolute Gasteiger partial charge is 0.313 e. The van der Waals surface area contributed by atoms with E-state index < -0.39 is 0 Å². The zero-order valence-corrected chi connectivity index (χ0v) is 11.7. The van der Waals surface area contributed by atoms with Crippen molar-refractivity contribution in [1.29, 1.82) is 0 Å². The highest BCUT2D eigenvalue weighted by molar-refractivity contribution is 7.99. The maximum absolute atomic E-state index is 6.03. The molecule has 96 valence electrons. The number of amidine groups is 1. The van der Waals surface area contributed by atoms with Gasteiger partial charge in [-0.1, -0.05) is 20.8 Å². The van der Waals surface area contributed by atoms with E-state index in [2.05, 4.69) is 36.1 Å². The van der Waals surface area contributed by atoms with Crippen LogP contribution < -0.4 is 11.2 Å². The third kappa shape index (κ3) is 2.93. The second-order valence-corrected chi connectivity index (χ2v) is 6.40. The first-order valence-corrected chi connectivity index (χ1v) is 7.20. The fourth-order valence-corrected chi connectivity index (χ4v) is 2.04. The quantitative estimate of drug-likeness (QED) is 0.732. The van der Waals surface area contributed by atoms with Gasteiger partial charge in [-0.2, -0.15) is 0 Å². The number of rotatable bonds is 2. The van der Waals surface area contributed by atoms with Gasteiger partial charge in [-0.05, 0) is 19.1 Å². The Morgan fingerprint density at radius 2 is 2.12 bits per heavy atom. The molecule has 1 heterocycles. The van der Waals surface area contributed by atoms with Gasteiger partial charge in [0.05, 0.1) is 6.04 Å². The molecule has 3 N–H and O–H groups in total. The molecule has 0 saturated heterocycles. The fourth-order valence-electron chi connectivity index (χ4n) is 1.50. The lowest BCUT2D eigenvalue weighted by Crippen LogP contribution is -2.58. The second-order valence-electron chi connectivity index (χ2n) is 5.51. The summed E-state index contributed by atoms with van der Waals surface area (Å²) in [4.78, 5) is 9.22. The topological polar surface area (TPSA) is 66.0 Å². The van der Waals surface area contributed by atoms with Gasteiger partial charge in [0, 0.05) is 5.41 Å². The third-order valence-corrected chi connectivity index (χ3v) is 3.48. The highest BCUT2D eigenvalue weighted by Gasteiger charge is 2.32. The van der Waals surface area contributed by atoms with Gasteiger partial charge >= 0.3 is 0 Å². The van der Waals surface area contributed by atoms with Crippen molar-refractivity contribution in [2.45, 2.75) is 45.2 Å². The highest BCUT2D eigenvalue weighted by Crippen LogP contribution is 2.26. The highest BCUT2D eigenvalue weighted by atomic mass is 32.2. The number of thioether (sulfide) groups is 1. The van der Waals surface area contributed by atoms with Gasteiger partial charge in [-0.3, -0.25) is 0 Å². The van der Waals surface area contributed by atoms with Gasteiger partial charge in [0.1, 0.15) is 5.84 Å². The summed E-state index contributed by atoms with van der Waals surface area (Å²) in [5.41, 5.74) is -0.0949. The summed E-state index contributed by atoms with van der Waals surface area (Å²) in [5.74, 6) is 7.74. The second kappa shape index (κ2) is 4.49. The Hall–Kier alpha value is -0.750. The molecule has 1 fully saturated rings. The van der Waals surface area contributed by atoms with Gasteiger partial charge in [-0.15, -0.1) is 11.8 Å². The van der Waals surface area contributed by atoms with Crippen molar-refractivity contribution >= 4 is 23.6 Å². The van der Waals surface area contributed by atoms with Crippen LogP contribution in [0.4, 0.5) is 0 Å². The predicted octanol–water partition coefficient (Wildman–Crippen LogP) is 1.37. The van der Waals surface area contributed by atoms with Crippen molar-refractivity contribution in [2.24, 2.45) is 21.2 Å². The summed E-state index contributed by atoms with van der Waals surface area (Å²) in [6.07, 6.45) is 4.35. The minimum absolute atomic E-state index is 0.0143. The van der Waals surface area contributed by atoms with Crippen LogP contribution in [0.25, 0.3) is 0 Å². The first kappa shape index (κ1) is 12.7. The Labute approximate surface area is 107 Å². The monoisotopic (exact) mass is 255 g/mol. The van der Waals surface area contributed by atoms with Crippen LogP contribution in [0.5, 0.6) is 0 Å². The van der Waals surface area contributed by atoms with E-state index in [1.807, 2.05) is 6.26 Å². The van der Waals surface area contributed by atoms with Crippen LogP contribution in [0.1, 0.15) is 33.6 Å². The summed E-state index contributed by atoms with van der Waals surface area (Å²) < 4.78 is 0. The maximum atomic E-state index is 6.03. The number of hydrazine groups is 1. The Morgan fingerprint density at radius 1 is 1.47 bits per heavy atom. The number of aliphatic imine (C=N–C) groups is 2. The Kier molecular flexibility index (Phi) is 3.36. The van der Waals surface area contributed by atoms with Crippen molar-refractivity contribution in [3.8, 4) is 0 Å².